The maximum atomic E-state index is 7.26. The second-order valence-electron chi connectivity index (χ2n) is 7.77. The van der Waals surface area contributed by atoms with Crippen molar-refractivity contribution in [1.82, 2.24) is 0 Å². The molecule has 2 heteroatoms. The van der Waals surface area contributed by atoms with E-state index in [1.165, 1.54) is 96.3 Å². The van der Waals surface area contributed by atoms with E-state index in [2.05, 4.69) is 0 Å². The first-order valence-electron chi connectivity index (χ1n) is 9.48. The molecule has 2 nitrogen and oxygen atoms in total. The van der Waals surface area contributed by atoms with Gasteiger partial charge in [-0.1, -0.05) is 19.3 Å². The minimum Gasteiger partial charge on any atom is -0.241 e. The van der Waals surface area contributed by atoms with Crippen LogP contribution in [0.4, 0.5) is 0 Å². The smallest absolute Gasteiger partial charge is 0.107 e. The van der Waals surface area contributed by atoms with Crippen molar-refractivity contribution in [2.24, 2.45) is 5.84 Å². The van der Waals surface area contributed by atoms with Crippen LogP contribution in [0.15, 0.2) is 0 Å². The molecule has 0 aromatic carbocycles. The lowest BCUT2D eigenvalue weighted by molar-refractivity contribution is -1.01. The normalized spacial score (nSPS) is 28.6. The Kier molecular flexibility index (Phi) is 5.04. The summed E-state index contributed by atoms with van der Waals surface area (Å²) in [5.41, 5.74) is 0. The highest BCUT2D eigenvalue weighted by Gasteiger charge is 2.47. The summed E-state index contributed by atoms with van der Waals surface area (Å²) in [6.45, 7) is 0. The second-order valence-corrected chi connectivity index (χ2v) is 7.77. The van der Waals surface area contributed by atoms with Gasteiger partial charge in [0.25, 0.3) is 0 Å². The fraction of sp³-hybridized carbons (Fsp3) is 1.00. The van der Waals surface area contributed by atoms with Crippen molar-refractivity contribution >= 4 is 0 Å². The number of rotatable bonds is 3. The van der Waals surface area contributed by atoms with Crippen molar-refractivity contribution in [1.29, 1.82) is 0 Å². The van der Waals surface area contributed by atoms with Gasteiger partial charge in [0.15, 0.2) is 0 Å². The summed E-state index contributed by atoms with van der Waals surface area (Å²) >= 11 is 0. The quantitative estimate of drug-likeness (QED) is 0.453. The molecule has 0 radical (unpaired) electrons. The van der Waals surface area contributed by atoms with Crippen molar-refractivity contribution in [3.63, 3.8) is 0 Å². The zero-order chi connectivity index (χ0) is 13.8. The van der Waals surface area contributed by atoms with E-state index in [1.54, 1.807) is 0 Å². The van der Waals surface area contributed by atoms with E-state index in [0.717, 1.165) is 22.7 Å². The first-order chi connectivity index (χ1) is 9.82. The van der Waals surface area contributed by atoms with Crippen LogP contribution in [0.3, 0.4) is 0 Å². The van der Waals surface area contributed by atoms with E-state index in [0.29, 0.717) is 0 Å². The highest BCUT2D eigenvalue weighted by atomic mass is 15.6. The maximum Gasteiger partial charge on any atom is 0.107 e. The van der Waals surface area contributed by atoms with E-state index in [9.17, 15) is 0 Å². The second kappa shape index (κ2) is 6.79. The fourth-order valence-electron chi connectivity index (χ4n) is 5.48. The molecule has 0 amide bonds. The number of hydrogen-bond donors (Lipinski definition) is 1. The molecule has 3 fully saturated rings. The van der Waals surface area contributed by atoms with Gasteiger partial charge in [-0.15, -0.1) is 0 Å². The Labute approximate surface area is 125 Å². The summed E-state index contributed by atoms with van der Waals surface area (Å²) in [7, 11) is 0. The lowest BCUT2D eigenvalue weighted by Crippen LogP contribution is -2.72. The van der Waals surface area contributed by atoms with Crippen LogP contribution in [-0.2, 0) is 0 Å². The Balaban J connectivity index is 1.79. The molecule has 116 valence electrons. The van der Waals surface area contributed by atoms with Gasteiger partial charge in [0.2, 0.25) is 0 Å². The van der Waals surface area contributed by atoms with Crippen LogP contribution >= 0.6 is 0 Å². The first kappa shape index (κ1) is 14.8. The highest BCUT2D eigenvalue weighted by Crippen LogP contribution is 2.39. The minimum absolute atomic E-state index is 0.787. The number of quaternary nitrogens is 1. The van der Waals surface area contributed by atoms with Crippen LogP contribution in [0.2, 0.25) is 0 Å². The zero-order valence-corrected chi connectivity index (χ0v) is 13.4. The summed E-state index contributed by atoms with van der Waals surface area (Å²) in [4.78, 5) is 0. The summed E-state index contributed by atoms with van der Waals surface area (Å²) < 4.78 is 1.00. The molecule has 20 heavy (non-hydrogen) atoms. The topological polar surface area (TPSA) is 26.0 Å². The lowest BCUT2D eigenvalue weighted by Gasteiger charge is -2.53. The fourth-order valence-corrected chi connectivity index (χ4v) is 5.48. The van der Waals surface area contributed by atoms with Gasteiger partial charge in [-0.2, -0.15) is 5.84 Å². The van der Waals surface area contributed by atoms with Crippen molar-refractivity contribution in [3.8, 4) is 0 Å². The maximum absolute atomic E-state index is 7.26. The summed E-state index contributed by atoms with van der Waals surface area (Å²) in [5, 5.41) is 0. The molecule has 0 spiro atoms. The number of hydrogen-bond acceptors (Lipinski definition) is 1. The van der Waals surface area contributed by atoms with Gasteiger partial charge in [0.1, 0.15) is 18.1 Å². The average Bonchev–Trinajstić information content (AvgIpc) is 2.56. The summed E-state index contributed by atoms with van der Waals surface area (Å²) in [5.74, 6) is 7.26. The van der Waals surface area contributed by atoms with E-state index < -0.39 is 0 Å². The molecule has 0 aliphatic heterocycles. The predicted molar refractivity (Wildman–Crippen MR) is 85.1 cm³/mol. The molecule has 0 saturated heterocycles. The first-order valence-corrected chi connectivity index (χ1v) is 9.48. The lowest BCUT2D eigenvalue weighted by atomic mass is 9.82. The Morgan fingerprint density at radius 1 is 0.450 bits per heavy atom. The number of nitrogens with two attached hydrogens (primary N) is 1. The zero-order valence-electron chi connectivity index (χ0n) is 13.4. The largest absolute Gasteiger partial charge is 0.241 e. The molecule has 0 heterocycles. The van der Waals surface area contributed by atoms with E-state index >= 15 is 0 Å². The Hall–Kier alpha value is -0.0800. The Bertz CT molecular complexity index is 238. The molecule has 3 aliphatic rings. The SMILES string of the molecule is N[N+](C1CCCCC1)(C1CCCCC1)C1CCCCC1. The third-order valence-electron chi connectivity index (χ3n) is 6.62. The molecular formula is C18H35N2+. The Morgan fingerprint density at radius 2 is 0.700 bits per heavy atom. The van der Waals surface area contributed by atoms with E-state index in [4.69, 9.17) is 5.84 Å². The molecule has 3 saturated carbocycles. The molecule has 0 aromatic heterocycles. The third-order valence-corrected chi connectivity index (χ3v) is 6.62. The van der Waals surface area contributed by atoms with Crippen LogP contribution in [0, 0.1) is 0 Å². The van der Waals surface area contributed by atoms with Crippen LogP contribution < -0.4 is 5.84 Å². The van der Waals surface area contributed by atoms with Crippen LogP contribution in [0.25, 0.3) is 0 Å². The highest BCUT2D eigenvalue weighted by molar-refractivity contribution is 4.78. The molecule has 0 aromatic rings. The molecule has 3 rings (SSSR count). The summed E-state index contributed by atoms with van der Waals surface area (Å²) in [6, 6.07) is 2.36. The van der Waals surface area contributed by atoms with Crippen LogP contribution in [0.5, 0.6) is 0 Å². The van der Waals surface area contributed by atoms with Gasteiger partial charge in [0, 0.05) is 38.5 Å². The minimum atomic E-state index is 0.787. The standard InChI is InChI=1S/C18H35N2/c19-20(16-10-4-1-5-11-16,17-12-6-2-7-13-17)18-14-8-3-9-15-18/h16-18H,1-15,19H2/q+1. The van der Waals surface area contributed by atoms with E-state index in [1.807, 2.05) is 0 Å². The van der Waals surface area contributed by atoms with Gasteiger partial charge < -0.3 is 0 Å². The molecule has 0 atom stereocenters. The molecule has 0 unspecified atom stereocenters. The van der Waals surface area contributed by atoms with Crippen LogP contribution in [-0.4, -0.2) is 22.7 Å². The van der Waals surface area contributed by atoms with Gasteiger partial charge in [-0.3, -0.25) is 0 Å². The molecule has 0 bridgehead atoms. The third kappa shape index (κ3) is 2.92. The van der Waals surface area contributed by atoms with Crippen molar-refractivity contribution in [2.45, 2.75) is 114 Å². The van der Waals surface area contributed by atoms with Crippen LogP contribution in [0.1, 0.15) is 96.3 Å². The summed E-state index contributed by atoms with van der Waals surface area (Å²) in [6.07, 6.45) is 21.4. The van der Waals surface area contributed by atoms with Crippen molar-refractivity contribution in [2.75, 3.05) is 0 Å². The average molecular weight is 279 g/mol. The molecule has 3 aliphatic carbocycles. The van der Waals surface area contributed by atoms with Crippen molar-refractivity contribution in [3.05, 3.63) is 0 Å². The Morgan fingerprint density at radius 3 is 0.950 bits per heavy atom. The van der Waals surface area contributed by atoms with Gasteiger partial charge in [-0.25, -0.2) is 4.59 Å². The molecule has 2 N–H and O–H groups in total. The molecular weight excluding hydrogens is 244 g/mol. The van der Waals surface area contributed by atoms with Gasteiger partial charge >= 0.3 is 0 Å². The van der Waals surface area contributed by atoms with Gasteiger partial charge in [0.05, 0.1) is 0 Å². The van der Waals surface area contributed by atoms with Crippen molar-refractivity contribution < 1.29 is 4.59 Å². The monoisotopic (exact) mass is 279 g/mol. The predicted octanol–water partition coefficient (Wildman–Crippen LogP) is 4.68. The van der Waals surface area contributed by atoms with E-state index in [-0.39, 0.29) is 0 Å². The number of nitrogens with zero attached hydrogens (tertiary/aromatic N) is 1. The van der Waals surface area contributed by atoms with Gasteiger partial charge in [-0.05, 0) is 38.5 Å².